The molecule has 1 saturated heterocycles. The fraction of sp³-hybridized carbons (Fsp3) is 1.00. The van der Waals surface area contributed by atoms with Gasteiger partial charge in [-0.2, -0.15) is 0 Å². The van der Waals surface area contributed by atoms with Crippen LogP contribution in [0.15, 0.2) is 0 Å². The Labute approximate surface area is 59.8 Å². The minimum absolute atomic E-state index is 0.256. The predicted molar refractivity (Wildman–Crippen MR) is 35.2 cm³/mol. The van der Waals surface area contributed by atoms with Crippen molar-refractivity contribution in [2.24, 2.45) is 0 Å². The predicted octanol–water partition coefficient (Wildman–Crippen LogP) is -0.977. The molecule has 0 aromatic heterocycles. The van der Waals surface area contributed by atoms with E-state index in [4.69, 9.17) is 14.9 Å². The van der Waals surface area contributed by atoms with E-state index in [2.05, 4.69) is 5.32 Å². The maximum Gasteiger partial charge on any atom is 0.211 e. The zero-order chi connectivity index (χ0) is 7.61. The average molecular weight is 147 g/mol. The third kappa shape index (κ3) is 1.91. The summed E-state index contributed by atoms with van der Waals surface area (Å²) in [6.45, 7) is 3.14. The van der Waals surface area contributed by atoms with Crippen LogP contribution >= 0.6 is 0 Å². The zero-order valence-electron chi connectivity index (χ0n) is 6.00. The van der Waals surface area contributed by atoms with Crippen molar-refractivity contribution in [2.45, 2.75) is 25.3 Å². The van der Waals surface area contributed by atoms with E-state index in [-0.39, 0.29) is 5.54 Å². The van der Waals surface area contributed by atoms with E-state index < -0.39 is 6.41 Å². The van der Waals surface area contributed by atoms with Crippen LogP contribution in [-0.2, 0) is 4.74 Å². The Morgan fingerprint density at radius 3 is 2.70 bits per heavy atom. The van der Waals surface area contributed by atoms with Crippen LogP contribution in [0.5, 0.6) is 0 Å². The van der Waals surface area contributed by atoms with E-state index in [1.54, 1.807) is 0 Å². The summed E-state index contributed by atoms with van der Waals surface area (Å²) >= 11 is 0. The molecule has 0 amide bonds. The van der Waals surface area contributed by atoms with Crippen LogP contribution < -0.4 is 5.32 Å². The van der Waals surface area contributed by atoms with Crippen molar-refractivity contribution >= 4 is 0 Å². The van der Waals surface area contributed by atoms with Crippen LogP contribution in [-0.4, -0.2) is 35.4 Å². The first-order chi connectivity index (χ1) is 4.62. The molecule has 60 valence electrons. The van der Waals surface area contributed by atoms with Crippen LogP contribution in [0, 0.1) is 0 Å². The summed E-state index contributed by atoms with van der Waals surface area (Å²) in [7, 11) is 0. The maximum atomic E-state index is 8.57. The molecule has 1 aliphatic heterocycles. The molecule has 1 atom stereocenters. The molecule has 4 nitrogen and oxygen atoms in total. The van der Waals surface area contributed by atoms with Crippen LogP contribution in [0.2, 0.25) is 0 Å². The molecule has 0 aromatic carbocycles. The quantitative estimate of drug-likeness (QED) is 0.439. The summed E-state index contributed by atoms with van der Waals surface area (Å²) in [6.07, 6.45) is -0.614. The van der Waals surface area contributed by atoms with E-state index in [0.29, 0.717) is 13.2 Å². The first-order valence-electron chi connectivity index (χ1n) is 3.34. The van der Waals surface area contributed by atoms with Gasteiger partial charge in [0.2, 0.25) is 6.41 Å². The van der Waals surface area contributed by atoms with Gasteiger partial charge in [0.25, 0.3) is 0 Å². The van der Waals surface area contributed by atoms with Crippen LogP contribution in [0.4, 0.5) is 0 Å². The normalized spacial score (nSPS) is 33.6. The van der Waals surface area contributed by atoms with Gasteiger partial charge in [-0.25, -0.2) is 0 Å². The number of ether oxygens (including phenoxy) is 1. The molecule has 1 unspecified atom stereocenters. The largest absolute Gasteiger partial charge is 0.379 e. The number of hydrogen-bond acceptors (Lipinski definition) is 4. The van der Waals surface area contributed by atoms with Crippen molar-refractivity contribution in [3.63, 3.8) is 0 Å². The minimum atomic E-state index is -1.44. The molecule has 10 heavy (non-hydrogen) atoms. The second kappa shape index (κ2) is 2.84. The third-order valence-corrected chi connectivity index (χ3v) is 1.70. The van der Waals surface area contributed by atoms with Gasteiger partial charge < -0.3 is 14.9 Å². The van der Waals surface area contributed by atoms with E-state index in [1.165, 1.54) is 0 Å². The molecule has 3 N–H and O–H groups in total. The Morgan fingerprint density at radius 1 is 1.60 bits per heavy atom. The fourth-order valence-electron chi connectivity index (χ4n) is 1.09. The molecule has 1 heterocycles. The lowest BCUT2D eigenvalue weighted by Gasteiger charge is -2.24. The lowest BCUT2D eigenvalue weighted by Crippen LogP contribution is -2.48. The van der Waals surface area contributed by atoms with Gasteiger partial charge in [-0.05, 0) is 13.3 Å². The van der Waals surface area contributed by atoms with Crippen molar-refractivity contribution in [2.75, 3.05) is 13.2 Å². The third-order valence-electron chi connectivity index (χ3n) is 1.70. The topological polar surface area (TPSA) is 61.7 Å². The Kier molecular flexibility index (Phi) is 2.25. The molecular formula is C6H13NO3. The SMILES string of the molecule is CC1(NC(O)O)CCOC1. The number of nitrogens with one attached hydrogen (secondary N) is 1. The molecule has 1 aliphatic rings. The Morgan fingerprint density at radius 2 is 2.30 bits per heavy atom. The number of hydrogen-bond donors (Lipinski definition) is 3. The smallest absolute Gasteiger partial charge is 0.211 e. The van der Waals surface area contributed by atoms with Crippen LogP contribution in [0.3, 0.4) is 0 Å². The van der Waals surface area contributed by atoms with Gasteiger partial charge in [0.1, 0.15) is 0 Å². The van der Waals surface area contributed by atoms with E-state index >= 15 is 0 Å². The van der Waals surface area contributed by atoms with Gasteiger partial charge in [-0.1, -0.05) is 0 Å². The van der Waals surface area contributed by atoms with Crippen molar-refractivity contribution < 1.29 is 14.9 Å². The molecule has 1 rings (SSSR count). The summed E-state index contributed by atoms with van der Waals surface area (Å²) in [5.74, 6) is 0. The molecule has 0 aromatic rings. The highest BCUT2D eigenvalue weighted by atomic mass is 16.5. The first-order valence-corrected chi connectivity index (χ1v) is 3.34. The number of rotatable bonds is 2. The summed E-state index contributed by atoms with van der Waals surface area (Å²) in [5, 5.41) is 19.7. The summed E-state index contributed by atoms with van der Waals surface area (Å²) < 4.78 is 5.08. The molecule has 0 radical (unpaired) electrons. The molecule has 1 fully saturated rings. The molecule has 0 spiro atoms. The highest BCUT2D eigenvalue weighted by Gasteiger charge is 2.30. The zero-order valence-corrected chi connectivity index (χ0v) is 6.00. The monoisotopic (exact) mass is 147 g/mol. The molecule has 4 heteroatoms. The van der Waals surface area contributed by atoms with Gasteiger partial charge >= 0.3 is 0 Å². The van der Waals surface area contributed by atoms with Crippen LogP contribution in [0.25, 0.3) is 0 Å². The van der Waals surface area contributed by atoms with Crippen molar-refractivity contribution in [1.82, 2.24) is 5.32 Å². The summed E-state index contributed by atoms with van der Waals surface area (Å²) in [5.41, 5.74) is -0.256. The van der Waals surface area contributed by atoms with Gasteiger partial charge in [-0.15, -0.1) is 0 Å². The van der Waals surface area contributed by atoms with Crippen LogP contribution in [0.1, 0.15) is 13.3 Å². The van der Waals surface area contributed by atoms with E-state index in [0.717, 1.165) is 6.42 Å². The molecule has 0 saturated carbocycles. The Balaban J connectivity index is 2.36. The highest BCUT2D eigenvalue weighted by Crippen LogP contribution is 2.17. The van der Waals surface area contributed by atoms with E-state index in [9.17, 15) is 0 Å². The number of aliphatic hydroxyl groups is 2. The van der Waals surface area contributed by atoms with Gasteiger partial charge in [0.05, 0.1) is 6.61 Å². The summed E-state index contributed by atoms with van der Waals surface area (Å²) in [6, 6.07) is 0. The minimum Gasteiger partial charge on any atom is -0.379 e. The number of aliphatic hydroxyl groups excluding tert-OH is 1. The van der Waals surface area contributed by atoms with Crippen molar-refractivity contribution in [3.05, 3.63) is 0 Å². The highest BCUT2D eigenvalue weighted by molar-refractivity contribution is 4.86. The van der Waals surface area contributed by atoms with Crippen molar-refractivity contribution in [1.29, 1.82) is 0 Å². The van der Waals surface area contributed by atoms with Gasteiger partial charge in [-0.3, -0.25) is 5.32 Å². The van der Waals surface area contributed by atoms with E-state index in [1.807, 2.05) is 6.92 Å². The molecule has 0 aliphatic carbocycles. The first kappa shape index (κ1) is 7.94. The van der Waals surface area contributed by atoms with Gasteiger partial charge in [0.15, 0.2) is 0 Å². The second-order valence-electron chi connectivity index (χ2n) is 2.88. The maximum absolute atomic E-state index is 8.57. The summed E-state index contributed by atoms with van der Waals surface area (Å²) in [4.78, 5) is 0. The lowest BCUT2D eigenvalue weighted by atomic mass is 10.0. The van der Waals surface area contributed by atoms with Crippen molar-refractivity contribution in [3.8, 4) is 0 Å². The second-order valence-corrected chi connectivity index (χ2v) is 2.88. The lowest BCUT2D eigenvalue weighted by molar-refractivity contribution is -0.0853. The standard InChI is InChI=1S/C6H13NO3/c1-6(7-5(8)9)2-3-10-4-6/h5,7-9H,2-4H2,1H3. The fourth-order valence-corrected chi connectivity index (χ4v) is 1.09. The Bertz CT molecular complexity index is 110. The average Bonchev–Trinajstić information content (AvgIpc) is 2.12. The Hall–Kier alpha value is -0.160. The molecule has 0 bridgehead atoms. The van der Waals surface area contributed by atoms with Gasteiger partial charge in [0, 0.05) is 12.1 Å². The molecular weight excluding hydrogens is 134 g/mol.